The van der Waals surface area contributed by atoms with Gasteiger partial charge in [0, 0.05) is 0 Å². The minimum absolute atomic E-state index is 0.671. The van der Waals surface area contributed by atoms with E-state index in [1.54, 1.807) is 0 Å². The van der Waals surface area contributed by atoms with Crippen LogP contribution in [0.1, 0.15) is 11.1 Å². The maximum atomic E-state index is 9.37. The molecule has 0 amide bonds. The van der Waals surface area contributed by atoms with E-state index in [2.05, 4.69) is 134 Å². The molecule has 1 heteroatoms. The van der Waals surface area contributed by atoms with Gasteiger partial charge in [-0.15, -0.1) is 0 Å². The molecule has 0 aliphatic heterocycles. The molecule has 0 spiro atoms. The highest BCUT2D eigenvalue weighted by molar-refractivity contribution is 6.25. The minimum atomic E-state index is 0.671. The van der Waals surface area contributed by atoms with Crippen molar-refractivity contribution in [1.82, 2.24) is 0 Å². The normalized spacial score (nSPS) is 11.5. The second-order valence-corrected chi connectivity index (χ2v) is 10.8. The lowest BCUT2D eigenvalue weighted by molar-refractivity contribution is 1.49. The van der Waals surface area contributed by atoms with Gasteiger partial charge in [-0.3, -0.25) is 0 Å². The van der Waals surface area contributed by atoms with Crippen LogP contribution >= 0.6 is 0 Å². The van der Waals surface area contributed by atoms with Gasteiger partial charge >= 0.3 is 0 Å². The van der Waals surface area contributed by atoms with Crippen molar-refractivity contribution < 1.29 is 0 Å². The van der Waals surface area contributed by atoms with Crippen LogP contribution < -0.4 is 0 Å². The minimum Gasteiger partial charge on any atom is -0.192 e. The average molecular weight is 520 g/mol. The third-order valence-corrected chi connectivity index (χ3v) is 8.68. The van der Waals surface area contributed by atoms with Gasteiger partial charge in [0.15, 0.2) is 0 Å². The zero-order valence-electron chi connectivity index (χ0n) is 22.6. The number of hydrogen-bond donors (Lipinski definition) is 0. The van der Waals surface area contributed by atoms with Crippen molar-refractivity contribution in [2.75, 3.05) is 0 Å². The molecular weight excluding hydrogens is 494 g/mol. The fourth-order valence-electron chi connectivity index (χ4n) is 6.79. The maximum absolute atomic E-state index is 9.37. The van der Waals surface area contributed by atoms with Crippen LogP contribution in [0.3, 0.4) is 0 Å². The van der Waals surface area contributed by atoms with E-state index in [0.29, 0.717) is 5.56 Å². The Balaban J connectivity index is 1.50. The first-order valence-corrected chi connectivity index (χ1v) is 14.0. The number of nitriles is 1. The summed E-state index contributed by atoms with van der Waals surface area (Å²) in [6, 6.07) is 50.1. The Morgan fingerprint density at radius 1 is 0.439 bits per heavy atom. The zero-order chi connectivity index (χ0) is 27.5. The summed E-state index contributed by atoms with van der Waals surface area (Å²) < 4.78 is 0. The molecule has 1 nitrogen and oxygen atoms in total. The summed E-state index contributed by atoms with van der Waals surface area (Å²) >= 11 is 0. The van der Waals surface area contributed by atoms with Crippen LogP contribution in [0.5, 0.6) is 0 Å². The van der Waals surface area contributed by atoms with Crippen LogP contribution in [0.4, 0.5) is 0 Å². The summed E-state index contributed by atoms with van der Waals surface area (Å²) in [6.07, 6.45) is 0. The van der Waals surface area contributed by atoms with Crippen LogP contribution in [0.15, 0.2) is 133 Å². The summed E-state index contributed by atoms with van der Waals surface area (Å²) in [7, 11) is 0. The van der Waals surface area contributed by atoms with E-state index in [-0.39, 0.29) is 0 Å². The van der Waals surface area contributed by atoms with Crippen LogP contribution in [-0.2, 0) is 0 Å². The molecule has 0 radical (unpaired) electrons. The first kappa shape index (κ1) is 23.4. The van der Waals surface area contributed by atoms with Gasteiger partial charge in [-0.1, -0.05) is 115 Å². The lowest BCUT2D eigenvalue weighted by Crippen LogP contribution is -1.92. The third kappa shape index (κ3) is 3.48. The van der Waals surface area contributed by atoms with Gasteiger partial charge in [-0.25, -0.2) is 0 Å². The van der Waals surface area contributed by atoms with E-state index in [0.717, 1.165) is 5.56 Å². The van der Waals surface area contributed by atoms with E-state index >= 15 is 0 Å². The van der Waals surface area contributed by atoms with E-state index < -0.39 is 0 Å². The lowest BCUT2D eigenvalue weighted by Gasteiger charge is -2.19. The van der Waals surface area contributed by atoms with Gasteiger partial charge in [0.25, 0.3) is 0 Å². The van der Waals surface area contributed by atoms with E-state index in [4.69, 9.17) is 0 Å². The molecule has 0 heterocycles. The predicted molar refractivity (Wildman–Crippen MR) is 174 cm³/mol. The van der Waals surface area contributed by atoms with Crippen molar-refractivity contribution in [1.29, 1.82) is 5.26 Å². The third-order valence-electron chi connectivity index (χ3n) is 8.68. The van der Waals surface area contributed by atoms with Crippen molar-refractivity contribution in [2.45, 2.75) is 6.92 Å². The Hall–Kier alpha value is -5.45. The molecule has 0 saturated heterocycles. The predicted octanol–water partition coefficient (Wildman–Crippen LogP) is 11.0. The SMILES string of the molecule is Cc1c2ccccc2cc2c1ccc1c(-c3c4ccccc4c(-c4ccc(C#N)cc4)c4ccccc34)cccc12. The summed E-state index contributed by atoms with van der Waals surface area (Å²) in [6.45, 7) is 2.24. The number of hydrogen-bond acceptors (Lipinski definition) is 1. The van der Waals surface area contributed by atoms with Gasteiger partial charge in [-0.2, -0.15) is 5.26 Å². The molecule has 0 aliphatic carbocycles. The molecule has 0 atom stereocenters. The fraction of sp³-hybridized carbons (Fsp3) is 0.0250. The van der Waals surface area contributed by atoms with Crippen LogP contribution in [0.2, 0.25) is 0 Å². The highest BCUT2D eigenvalue weighted by Crippen LogP contribution is 2.46. The van der Waals surface area contributed by atoms with E-state index in [1.165, 1.54) is 76.1 Å². The quantitative estimate of drug-likeness (QED) is 0.165. The van der Waals surface area contributed by atoms with Crippen molar-refractivity contribution in [3.05, 3.63) is 145 Å². The van der Waals surface area contributed by atoms with Crippen molar-refractivity contribution in [3.8, 4) is 28.3 Å². The average Bonchev–Trinajstić information content (AvgIpc) is 3.03. The Morgan fingerprint density at radius 2 is 1.00 bits per heavy atom. The summed E-state index contributed by atoms with van der Waals surface area (Å²) in [5, 5.41) is 22.0. The molecular formula is C40H25N. The number of aryl methyl sites for hydroxylation is 1. The van der Waals surface area contributed by atoms with Crippen molar-refractivity contribution in [3.63, 3.8) is 0 Å². The number of benzene rings is 8. The van der Waals surface area contributed by atoms with Crippen LogP contribution in [-0.4, -0.2) is 0 Å². The largest absolute Gasteiger partial charge is 0.192 e. The standard InChI is InChI=1S/C40H25N/c1-25-29-10-3-2-9-28(29)23-38-30(25)21-22-32-31(38)15-8-16-33(32)40-36-13-6-4-11-34(36)39(35-12-5-7-14-37(35)40)27-19-17-26(24-41)18-20-27/h2-23H,1H3. The van der Waals surface area contributed by atoms with E-state index in [9.17, 15) is 5.26 Å². The maximum Gasteiger partial charge on any atom is 0.0991 e. The van der Waals surface area contributed by atoms with Gasteiger partial charge < -0.3 is 0 Å². The molecule has 0 N–H and O–H groups in total. The summed E-state index contributed by atoms with van der Waals surface area (Å²) in [4.78, 5) is 0. The second kappa shape index (κ2) is 9.05. The fourth-order valence-corrected chi connectivity index (χ4v) is 6.79. The Labute approximate surface area is 238 Å². The smallest absolute Gasteiger partial charge is 0.0991 e. The zero-order valence-corrected chi connectivity index (χ0v) is 22.6. The van der Waals surface area contributed by atoms with Crippen molar-refractivity contribution in [2.24, 2.45) is 0 Å². The molecule has 0 bridgehead atoms. The topological polar surface area (TPSA) is 23.8 Å². The molecule has 0 fully saturated rings. The lowest BCUT2D eigenvalue weighted by atomic mass is 9.84. The number of rotatable bonds is 2. The van der Waals surface area contributed by atoms with Crippen LogP contribution in [0.25, 0.3) is 76.1 Å². The van der Waals surface area contributed by atoms with Gasteiger partial charge in [0.2, 0.25) is 0 Å². The molecule has 8 aromatic rings. The molecule has 190 valence electrons. The number of nitrogens with zero attached hydrogens (tertiary/aromatic N) is 1. The van der Waals surface area contributed by atoms with E-state index in [1.807, 2.05) is 12.1 Å². The molecule has 41 heavy (non-hydrogen) atoms. The van der Waals surface area contributed by atoms with Gasteiger partial charge in [0.05, 0.1) is 11.6 Å². The van der Waals surface area contributed by atoms with Gasteiger partial charge in [0.1, 0.15) is 0 Å². The highest BCUT2D eigenvalue weighted by Gasteiger charge is 2.18. The molecule has 0 saturated carbocycles. The molecule has 0 aromatic heterocycles. The molecule has 8 aromatic carbocycles. The molecule has 0 aliphatic rings. The Bertz CT molecular complexity index is 2310. The first-order chi connectivity index (χ1) is 20.2. The van der Waals surface area contributed by atoms with Gasteiger partial charge in [-0.05, 0) is 107 Å². The Morgan fingerprint density at radius 3 is 1.66 bits per heavy atom. The van der Waals surface area contributed by atoms with Crippen molar-refractivity contribution >= 4 is 53.9 Å². The molecule has 0 unspecified atom stereocenters. The molecule has 8 rings (SSSR count). The number of fused-ring (bicyclic) bond motifs is 6. The summed E-state index contributed by atoms with van der Waals surface area (Å²) in [5.74, 6) is 0. The first-order valence-electron chi connectivity index (χ1n) is 14.0. The highest BCUT2D eigenvalue weighted by atomic mass is 14.2. The van der Waals surface area contributed by atoms with Crippen LogP contribution in [0, 0.1) is 18.3 Å². The summed E-state index contributed by atoms with van der Waals surface area (Å²) in [5.41, 5.74) is 6.83. The monoisotopic (exact) mass is 519 g/mol. The second-order valence-electron chi connectivity index (χ2n) is 10.8. The Kier molecular flexibility index (Phi) is 5.17.